The van der Waals surface area contributed by atoms with Gasteiger partial charge in [-0.1, -0.05) is 0 Å². The molecule has 0 saturated carbocycles. The van der Waals surface area contributed by atoms with Crippen molar-refractivity contribution in [3.8, 4) is 0 Å². The maximum Gasteiger partial charge on any atom is 0.140 e. The molecular formula is C11H14O2S. The number of carbonyl (C=O) groups is 1. The molecule has 0 radical (unpaired) electrons. The summed E-state index contributed by atoms with van der Waals surface area (Å²) in [6, 6.07) is 2.12. The topological polar surface area (TPSA) is 26.3 Å². The van der Waals surface area contributed by atoms with Crippen molar-refractivity contribution >= 4 is 17.1 Å². The number of ketones is 1. The van der Waals surface area contributed by atoms with Gasteiger partial charge in [0, 0.05) is 12.3 Å². The van der Waals surface area contributed by atoms with Crippen LogP contribution < -0.4 is 0 Å². The summed E-state index contributed by atoms with van der Waals surface area (Å²) < 4.78 is 5.30. The third-order valence-electron chi connectivity index (χ3n) is 2.63. The van der Waals surface area contributed by atoms with E-state index in [1.165, 1.54) is 5.56 Å². The molecule has 1 fully saturated rings. The SMILES string of the molecule is O=C1CCOCC1CCc1ccsc1. The van der Waals surface area contributed by atoms with Gasteiger partial charge < -0.3 is 4.74 Å². The van der Waals surface area contributed by atoms with Gasteiger partial charge in [-0.15, -0.1) is 0 Å². The smallest absolute Gasteiger partial charge is 0.140 e. The van der Waals surface area contributed by atoms with Crippen LogP contribution in [-0.4, -0.2) is 19.0 Å². The molecule has 0 aliphatic carbocycles. The van der Waals surface area contributed by atoms with Gasteiger partial charge in [-0.25, -0.2) is 0 Å². The fourth-order valence-corrected chi connectivity index (χ4v) is 2.42. The van der Waals surface area contributed by atoms with Gasteiger partial charge >= 0.3 is 0 Å². The molecule has 1 aromatic rings. The van der Waals surface area contributed by atoms with E-state index in [1.807, 2.05) is 0 Å². The van der Waals surface area contributed by atoms with Crippen LogP contribution in [0.5, 0.6) is 0 Å². The molecule has 0 bridgehead atoms. The Hall–Kier alpha value is -0.670. The average Bonchev–Trinajstić information content (AvgIpc) is 2.69. The van der Waals surface area contributed by atoms with E-state index in [1.54, 1.807) is 11.3 Å². The van der Waals surface area contributed by atoms with E-state index in [-0.39, 0.29) is 5.92 Å². The van der Waals surface area contributed by atoms with Gasteiger partial charge in [0.2, 0.25) is 0 Å². The maximum absolute atomic E-state index is 11.5. The predicted molar refractivity (Wildman–Crippen MR) is 56.6 cm³/mol. The molecule has 0 spiro atoms. The van der Waals surface area contributed by atoms with Gasteiger partial charge in [-0.3, -0.25) is 4.79 Å². The third kappa shape index (κ3) is 2.42. The van der Waals surface area contributed by atoms with Crippen LogP contribution in [0.3, 0.4) is 0 Å². The van der Waals surface area contributed by atoms with Crippen molar-refractivity contribution in [2.75, 3.05) is 13.2 Å². The molecule has 2 rings (SSSR count). The highest BCUT2D eigenvalue weighted by Gasteiger charge is 2.22. The van der Waals surface area contributed by atoms with Crippen LogP contribution in [0.25, 0.3) is 0 Å². The predicted octanol–water partition coefficient (Wildman–Crippen LogP) is 2.29. The number of aryl methyl sites for hydroxylation is 1. The average molecular weight is 210 g/mol. The first-order valence-corrected chi connectivity index (χ1v) is 5.92. The molecule has 3 heteroatoms. The minimum Gasteiger partial charge on any atom is -0.380 e. The normalized spacial score (nSPS) is 22.6. The minimum atomic E-state index is 0.142. The zero-order valence-electron chi connectivity index (χ0n) is 8.07. The van der Waals surface area contributed by atoms with E-state index in [2.05, 4.69) is 16.8 Å². The molecule has 2 nitrogen and oxygen atoms in total. The highest BCUT2D eigenvalue weighted by Crippen LogP contribution is 2.17. The molecule has 1 atom stereocenters. The quantitative estimate of drug-likeness (QED) is 0.765. The molecule has 1 aliphatic rings. The first-order chi connectivity index (χ1) is 6.86. The molecule has 76 valence electrons. The van der Waals surface area contributed by atoms with Crippen LogP contribution in [0.4, 0.5) is 0 Å². The molecule has 2 heterocycles. The van der Waals surface area contributed by atoms with Crippen molar-refractivity contribution in [3.63, 3.8) is 0 Å². The van der Waals surface area contributed by atoms with Gasteiger partial charge in [0.1, 0.15) is 5.78 Å². The second kappa shape index (κ2) is 4.71. The lowest BCUT2D eigenvalue weighted by atomic mass is 9.94. The van der Waals surface area contributed by atoms with Gasteiger partial charge in [-0.2, -0.15) is 11.3 Å². The Morgan fingerprint density at radius 2 is 2.50 bits per heavy atom. The number of carbonyl (C=O) groups excluding carboxylic acids is 1. The Bertz CT molecular complexity index is 292. The molecule has 1 saturated heterocycles. The highest BCUT2D eigenvalue weighted by molar-refractivity contribution is 7.07. The molecule has 1 aromatic heterocycles. The molecule has 0 N–H and O–H groups in total. The van der Waals surface area contributed by atoms with E-state index >= 15 is 0 Å². The monoisotopic (exact) mass is 210 g/mol. The Kier molecular flexibility index (Phi) is 3.32. The highest BCUT2D eigenvalue weighted by atomic mass is 32.1. The number of thiophene rings is 1. The standard InChI is InChI=1S/C11H14O2S/c12-11-3-5-13-7-10(11)2-1-9-4-6-14-8-9/h4,6,8,10H,1-3,5,7H2. The van der Waals surface area contributed by atoms with Crippen LogP contribution in [0.15, 0.2) is 16.8 Å². The molecule has 14 heavy (non-hydrogen) atoms. The van der Waals surface area contributed by atoms with Gasteiger partial charge in [-0.05, 0) is 35.2 Å². The summed E-state index contributed by atoms with van der Waals surface area (Å²) in [5.41, 5.74) is 1.34. The minimum absolute atomic E-state index is 0.142. The lowest BCUT2D eigenvalue weighted by molar-refractivity contribution is -0.130. The van der Waals surface area contributed by atoms with Crippen LogP contribution in [-0.2, 0) is 16.0 Å². The van der Waals surface area contributed by atoms with Crippen molar-refractivity contribution < 1.29 is 9.53 Å². The van der Waals surface area contributed by atoms with E-state index < -0.39 is 0 Å². The van der Waals surface area contributed by atoms with Gasteiger partial charge in [0.15, 0.2) is 0 Å². The van der Waals surface area contributed by atoms with Crippen LogP contribution >= 0.6 is 11.3 Å². The van der Waals surface area contributed by atoms with Crippen molar-refractivity contribution in [2.24, 2.45) is 5.92 Å². The van der Waals surface area contributed by atoms with Gasteiger partial charge in [0.25, 0.3) is 0 Å². The van der Waals surface area contributed by atoms with E-state index in [4.69, 9.17) is 4.74 Å². The number of hydrogen-bond acceptors (Lipinski definition) is 3. The summed E-state index contributed by atoms with van der Waals surface area (Å²) in [4.78, 5) is 11.5. The van der Waals surface area contributed by atoms with E-state index in [0.717, 1.165) is 12.8 Å². The first-order valence-electron chi connectivity index (χ1n) is 4.98. The summed E-state index contributed by atoms with van der Waals surface area (Å²) in [6.45, 7) is 1.25. The summed E-state index contributed by atoms with van der Waals surface area (Å²) in [5.74, 6) is 0.523. The number of ether oxygens (including phenoxy) is 1. The molecule has 0 amide bonds. The Morgan fingerprint density at radius 1 is 1.57 bits per heavy atom. The lowest BCUT2D eigenvalue weighted by Crippen LogP contribution is -2.27. The second-order valence-electron chi connectivity index (χ2n) is 3.66. The van der Waals surface area contributed by atoms with Crippen LogP contribution in [0, 0.1) is 5.92 Å². The zero-order valence-corrected chi connectivity index (χ0v) is 8.89. The third-order valence-corrected chi connectivity index (χ3v) is 3.36. The Labute approximate surface area is 87.9 Å². The molecular weight excluding hydrogens is 196 g/mol. The maximum atomic E-state index is 11.5. The fourth-order valence-electron chi connectivity index (χ4n) is 1.72. The zero-order chi connectivity index (χ0) is 9.80. The fraction of sp³-hybridized carbons (Fsp3) is 0.545. The van der Waals surface area contributed by atoms with Crippen molar-refractivity contribution in [2.45, 2.75) is 19.3 Å². The van der Waals surface area contributed by atoms with E-state index in [9.17, 15) is 4.79 Å². The molecule has 0 aromatic carbocycles. The summed E-state index contributed by atoms with van der Waals surface area (Å²) in [7, 11) is 0. The molecule has 1 aliphatic heterocycles. The first kappa shape index (κ1) is 9.87. The summed E-state index contributed by atoms with van der Waals surface area (Å²) in [6.07, 6.45) is 2.55. The second-order valence-corrected chi connectivity index (χ2v) is 4.44. The van der Waals surface area contributed by atoms with E-state index in [0.29, 0.717) is 25.4 Å². The Balaban J connectivity index is 1.82. The largest absolute Gasteiger partial charge is 0.380 e. The van der Waals surface area contributed by atoms with Crippen molar-refractivity contribution in [1.82, 2.24) is 0 Å². The Morgan fingerprint density at radius 3 is 3.21 bits per heavy atom. The van der Waals surface area contributed by atoms with Gasteiger partial charge in [0.05, 0.1) is 13.2 Å². The van der Waals surface area contributed by atoms with Crippen LogP contribution in [0.2, 0.25) is 0 Å². The van der Waals surface area contributed by atoms with Crippen LogP contribution in [0.1, 0.15) is 18.4 Å². The lowest BCUT2D eigenvalue weighted by Gasteiger charge is -2.20. The molecule has 1 unspecified atom stereocenters. The summed E-state index contributed by atoms with van der Waals surface area (Å²) in [5, 5.41) is 4.22. The van der Waals surface area contributed by atoms with Crippen molar-refractivity contribution in [3.05, 3.63) is 22.4 Å². The van der Waals surface area contributed by atoms with Crippen molar-refractivity contribution in [1.29, 1.82) is 0 Å². The summed E-state index contributed by atoms with van der Waals surface area (Å²) >= 11 is 1.71. The number of rotatable bonds is 3. The number of Topliss-reactive ketones (excluding diaryl/α,β-unsaturated/α-hetero) is 1. The number of hydrogen-bond donors (Lipinski definition) is 0.